The Kier molecular flexibility index (Phi) is 1.80. The van der Waals surface area contributed by atoms with E-state index in [0.717, 1.165) is 24.0 Å². The van der Waals surface area contributed by atoms with Crippen molar-refractivity contribution in [3.63, 3.8) is 0 Å². The lowest BCUT2D eigenvalue weighted by molar-refractivity contribution is -0.136. The summed E-state index contributed by atoms with van der Waals surface area (Å²) in [6, 6.07) is 0. The van der Waals surface area contributed by atoms with Crippen LogP contribution in [0.1, 0.15) is 6.42 Å². The third-order valence-corrected chi connectivity index (χ3v) is 2.73. The predicted molar refractivity (Wildman–Crippen MR) is 46.9 cm³/mol. The Labute approximate surface area is 74.0 Å². The molecule has 64 valence electrons. The van der Waals surface area contributed by atoms with Crippen LogP contribution in [0.25, 0.3) is 0 Å². The number of hydrogen-bond acceptors (Lipinski definition) is 4. The molecule has 0 atom stereocenters. The van der Waals surface area contributed by atoms with E-state index in [0.29, 0.717) is 0 Å². The zero-order chi connectivity index (χ0) is 8.55. The first-order chi connectivity index (χ1) is 5.77. The van der Waals surface area contributed by atoms with Crippen LogP contribution in [0.4, 0.5) is 0 Å². The van der Waals surface area contributed by atoms with Crippen molar-refractivity contribution in [3.05, 3.63) is 11.1 Å². The maximum atomic E-state index is 10.4. The van der Waals surface area contributed by atoms with Crippen molar-refractivity contribution >= 4 is 22.9 Å². The molecule has 4 nitrogen and oxygen atoms in total. The quantitative estimate of drug-likeness (QED) is 0.687. The van der Waals surface area contributed by atoms with Gasteiger partial charge in [0.15, 0.2) is 5.17 Å². The van der Waals surface area contributed by atoms with Gasteiger partial charge in [-0.1, -0.05) is 11.8 Å². The van der Waals surface area contributed by atoms with Gasteiger partial charge in [0, 0.05) is 12.2 Å². The lowest BCUT2D eigenvalue weighted by Gasteiger charge is -2.14. The molecule has 0 radical (unpaired) electrons. The molecule has 2 rings (SSSR count). The minimum Gasteiger partial charge on any atom is -0.481 e. The van der Waals surface area contributed by atoms with Crippen molar-refractivity contribution in [2.24, 2.45) is 4.99 Å². The van der Waals surface area contributed by atoms with E-state index >= 15 is 0 Å². The van der Waals surface area contributed by atoms with Crippen molar-refractivity contribution in [2.45, 2.75) is 6.42 Å². The van der Waals surface area contributed by atoms with Gasteiger partial charge >= 0.3 is 5.97 Å². The van der Waals surface area contributed by atoms with Gasteiger partial charge in [-0.15, -0.1) is 0 Å². The summed E-state index contributed by atoms with van der Waals surface area (Å²) in [7, 11) is 0. The van der Waals surface area contributed by atoms with Crippen LogP contribution in [0.2, 0.25) is 0 Å². The number of carbonyl (C=O) groups is 1. The van der Waals surface area contributed by atoms with Gasteiger partial charge in [0.25, 0.3) is 0 Å². The summed E-state index contributed by atoms with van der Waals surface area (Å²) in [5.74, 6) is -0.782. The maximum Gasteiger partial charge on any atom is 0.309 e. The summed E-state index contributed by atoms with van der Waals surface area (Å²) >= 11 is 1.51. The Bertz CT molecular complexity index is 285. The van der Waals surface area contributed by atoms with Crippen LogP contribution in [0, 0.1) is 0 Å². The molecular formula is C7H8N2O2S. The topological polar surface area (TPSA) is 52.9 Å². The van der Waals surface area contributed by atoms with E-state index in [-0.39, 0.29) is 6.42 Å². The molecule has 1 N–H and O–H groups in total. The van der Waals surface area contributed by atoms with Crippen LogP contribution in [0.15, 0.2) is 16.1 Å². The zero-order valence-corrected chi connectivity index (χ0v) is 7.17. The minimum absolute atomic E-state index is 0.103. The smallest absolute Gasteiger partial charge is 0.309 e. The standard InChI is InChI=1S/C7H8N2O2S/c10-6(11)3-5-4-12-7-8-1-2-9(5)7/h4H,1-3H2,(H,10,11). The van der Waals surface area contributed by atoms with Gasteiger partial charge in [-0.2, -0.15) is 0 Å². The molecule has 0 saturated carbocycles. The summed E-state index contributed by atoms with van der Waals surface area (Å²) in [4.78, 5) is 16.6. The number of rotatable bonds is 2. The van der Waals surface area contributed by atoms with Crippen molar-refractivity contribution in [2.75, 3.05) is 13.1 Å². The first kappa shape index (κ1) is 7.67. The minimum atomic E-state index is -0.782. The maximum absolute atomic E-state index is 10.4. The second-order valence-corrected chi connectivity index (χ2v) is 3.45. The fourth-order valence-electron chi connectivity index (χ4n) is 1.27. The Balaban J connectivity index is 2.09. The summed E-state index contributed by atoms with van der Waals surface area (Å²) in [5.41, 5.74) is 0.865. The van der Waals surface area contributed by atoms with Crippen LogP contribution in [-0.2, 0) is 4.79 Å². The third kappa shape index (κ3) is 1.20. The molecule has 0 amide bonds. The molecule has 0 fully saturated rings. The Morgan fingerprint density at radius 2 is 2.67 bits per heavy atom. The van der Waals surface area contributed by atoms with Crippen LogP contribution in [-0.4, -0.2) is 34.2 Å². The van der Waals surface area contributed by atoms with Gasteiger partial charge in [0.05, 0.1) is 13.0 Å². The third-order valence-electron chi connectivity index (χ3n) is 1.78. The van der Waals surface area contributed by atoms with E-state index in [2.05, 4.69) is 4.99 Å². The highest BCUT2D eigenvalue weighted by atomic mass is 32.2. The number of nitrogens with zero attached hydrogens (tertiary/aromatic N) is 2. The molecule has 2 heterocycles. The molecule has 0 aromatic carbocycles. The van der Waals surface area contributed by atoms with Crippen LogP contribution in [0.3, 0.4) is 0 Å². The zero-order valence-electron chi connectivity index (χ0n) is 6.36. The first-order valence-electron chi connectivity index (χ1n) is 3.67. The van der Waals surface area contributed by atoms with E-state index in [4.69, 9.17) is 5.11 Å². The van der Waals surface area contributed by atoms with Gasteiger partial charge in [-0.3, -0.25) is 9.79 Å². The van der Waals surface area contributed by atoms with Crippen molar-refractivity contribution in [1.82, 2.24) is 4.90 Å². The number of amidine groups is 1. The molecular weight excluding hydrogens is 176 g/mol. The van der Waals surface area contributed by atoms with Crippen LogP contribution >= 0.6 is 11.8 Å². The molecule has 2 aliphatic heterocycles. The number of aliphatic imine (C=N–C) groups is 1. The summed E-state index contributed by atoms with van der Waals surface area (Å²) in [6.45, 7) is 1.63. The van der Waals surface area contributed by atoms with Gasteiger partial charge in [-0.05, 0) is 5.41 Å². The van der Waals surface area contributed by atoms with Crippen molar-refractivity contribution < 1.29 is 9.90 Å². The molecule has 0 aromatic heterocycles. The molecule has 0 aliphatic carbocycles. The number of carboxylic acids is 1. The number of carboxylic acid groups (broad SMARTS) is 1. The highest BCUT2D eigenvalue weighted by molar-refractivity contribution is 8.16. The Morgan fingerprint density at radius 3 is 3.42 bits per heavy atom. The Morgan fingerprint density at radius 1 is 1.83 bits per heavy atom. The Hall–Kier alpha value is -0.970. The van der Waals surface area contributed by atoms with E-state index in [1.165, 1.54) is 11.8 Å². The second kappa shape index (κ2) is 2.82. The van der Waals surface area contributed by atoms with E-state index in [1.54, 1.807) is 0 Å². The molecule has 5 heteroatoms. The summed E-state index contributed by atoms with van der Waals surface area (Å²) < 4.78 is 0. The van der Waals surface area contributed by atoms with E-state index < -0.39 is 5.97 Å². The molecule has 2 aliphatic rings. The molecule has 0 aromatic rings. The average Bonchev–Trinajstić information content (AvgIpc) is 2.52. The molecule has 0 bridgehead atoms. The summed E-state index contributed by atoms with van der Waals surface area (Å²) in [6.07, 6.45) is 0.103. The SMILES string of the molecule is O=C(O)CC1=CSC2=NCCN12. The lowest BCUT2D eigenvalue weighted by atomic mass is 10.3. The highest BCUT2D eigenvalue weighted by Gasteiger charge is 2.26. The molecule has 12 heavy (non-hydrogen) atoms. The highest BCUT2D eigenvalue weighted by Crippen LogP contribution is 2.30. The fraction of sp³-hybridized carbons (Fsp3) is 0.429. The van der Waals surface area contributed by atoms with Crippen LogP contribution in [0.5, 0.6) is 0 Å². The number of aliphatic carboxylic acids is 1. The van der Waals surface area contributed by atoms with Gasteiger partial charge < -0.3 is 10.0 Å². The second-order valence-electron chi connectivity index (χ2n) is 2.61. The largest absolute Gasteiger partial charge is 0.481 e. The monoisotopic (exact) mass is 184 g/mol. The van der Waals surface area contributed by atoms with E-state index in [1.807, 2.05) is 10.3 Å². The number of fused-ring (bicyclic) bond motifs is 1. The van der Waals surface area contributed by atoms with Gasteiger partial charge in [-0.25, -0.2) is 0 Å². The molecule has 0 unspecified atom stereocenters. The van der Waals surface area contributed by atoms with E-state index in [9.17, 15) is 4.79 Å². The fourth-order valence-corrected chi connectivity index (χ4v) is 2.22. The molecule has 0 saturated heterocycles. The van der Waals surface area contributed by atoms with Gasteiger partial charge in [0.2, 0.25) is 0 Å². The number of thioether (sulfide) groups is 1. The summed E-state index contributed by atoms with van der Waals surface area (Å²) in [5, 5.41) is 11.4. The normalized spacial score (nSPS) is 20.5. The number of hydrogen-bond donors (Lipinski definition) is 1. The van der Waals surface area contributed by atoms with Gasteiger partial charge in [0.1, 0.15) is 0 Å². The van der Waals surface area contributed by atoms with Crippen LogP contribution < -0.4 is 0 Å². The first-order valence-corrected chi connectivity index (χ1v) is 4.55. The average molecular weight is 184 g/mol. The van der Waals surface area contributed by atoms with Crippen molar-refractivity contribution in [3.8, 4) is 0 Å². The molecule has 0 spiro atoms. The predicted octanol–water partition coefficient (Wildman–Crippen LogP) is 0.721. The van der Waals surface area contributed by atoms with Crippen molar-refractivity contribution in [1.29, 1.82) is 0 Å². The lowest BCUT2D eigenvalue weighted by Crippen LogP contribution is -2.22.